The maximum Gasteiger partial charge on any atom is 0.248 e. The van der Waals surface area contributed by atoms with Gasteiger partial charge in [-0.1, -0.05) is 0 Å². The fourth-order valence-electron chi connectivity index (χ4n) is 3.02. The van der Waals surface area contributed by atoms with E-state index in [9.17, 15) is 14.7 Å². The van der Waals surface area contributed by atoms with Gasteiger partial charge in [0.25, 0.3) is 0 Å². The average molecular weight is 282 g/mol. The Balaban J connectivity index is 2.06. The molecule has 2 N–H and O–H groups in total. The molecule has 1 heterocycles. The Morgan fingerprint density at radius 2 is 1.70 bits per heavy atom. The highest BCUT2D eigenvalue weighted by atomic mass is 16.3. The Hall–Kier alpha value is -1.10. The lowest BCUT2D eigenvalue weighted by atomic mass is 9.95. The normalized spacial score (nSPS) is 29.7. The number of carbonyl (C=O) groups is 2. The van der Waals surface area contributed by atoms with E-state index >= 15 is 0 Å². The number of carbonyl (C=O) groups excluding carboxylic acids is 2. The van der Waals surface area contributed by atoms with Crippen LogP contribution in [0, 0.1) is 5.92 Å². The number of likely N-dealkylation sites (tertiary alicyclic amines) is 1. The van der Waals surface area contributed by atoms with E-state index in [1.165, 1.54) is 0 Å². The first-order valence-electron chi connectivity index (χ1n) is 7.72. The van der Waals surface area contributed by atoms with E-state index in [4.69, 9.17) is 0 Å². The van der Waals surface area contributed by atoms with Crippen molar-refractivity contribution >= 4 is 11.8 Å². The zero-order chi connectivity index (χ0) is 14.9. The van der Waals surface area contributed by atoms with E-state index < -0.39 is 12.1 Å². The maximum absolute atomic E-state index is 12.7. The first-order chi connectivity index (χ1) is 9.41. The summed E-state index contributed by atoms with van der Waals surface area (Å²) in [6.45, 7) is 5.64. The Morgan fingerprint density at radius 1 is 1.15 bits per heavy atom. The third-order valence-corrected chi connectivity index (χ3v) is 4.44. The lowest BCUT2D eigenvalue weighted by Crippen LogP contribution is -2.59. The van der Waals surface area contributed by atoms with Gasteiger partial charge in [-0.3, -0.25) is 9.59 Å². The maximum atomic E-state index is 12.7. The molecule has 2 fully saturated rings. The van der Waals surface area contributed by atoms with Crippen molar-refractivity contribution in [1.82, 2.24) is 10.2 Å². The number of aliphatic hydroxyl groups is 1. The standard InChI is InChI=1S/C15H26N2O3/c1-9-5-4-6-10(2)17(9)15(20)13(11(3)18)16-14(19)12-7-8-12/h9-13,18H,4-8H2,1-3H3,(H,16,19). The van der Waals surface area contributed by atoms with Crippen LogP contribution in [0.15, 0.2) is 0 Å². The predicted molar refractivity (Wildman–Crippen MR) is 76.0 cm³/mol. The highest BCUT2D eigenvalue weighted by Crippen LogP contribution is 2.29. The van der Waals surface area contributed by atoms with E-state index in [1.807, 2.05) is 18.7 Å². The van der Waals surface area contributed by atoms with Gasteiger partial charge in [-0.05, 0) is 52.9 Å². The second-order valence-electron chi connectivity index (χ2n) is 6.38. The van der Waals surface area contributed by atoms with Gasteiger partial charge in [0.05, 0.1) is 6.10 Å². The van der Waals surface area contributed by atoms with E-state index in [-0.39, 0.29) is 29.8 Å². The van der Waals surface area contributed by atoms with Gasteiger partial charge in [-0.25, -0.2) is 0 Å². The summed E-state index contributed by atoms with van der Waals surface area (Å²) in [6, 6.07) is -0.471. The second-order valence-corrected chi connectivity index (χ2v) is 6.38. The summed E-state index contributed by atoms with van der Waals surface area (Å²) in [7, 11) is 0. The number of rotatable bonds is 4. The van der Waals surface area contributed by atoms with Gasteiger partial charge in [-0.2, -0.15) is 0 Å². The summed E-state index contributed by atoms with van der Waals surface area (Å²) in [6.07, 6.45) is 4.01. The molecule has 1 aliphatic heterocycles. The molecule has 5 nitrogen and oxygen atoms in total. The van der Waals surface area contributed by atoms with E-state index in [0.717, 1.165) is 32.1 Å². The van der Waals surface area contributed by atoms with Crippen molar-refractivity contribution < 1.29 is 14.7 Å². The van der Waals surface area contributed by atoms with Crippen molar-refractivity contribution in [3.63, 3.8) is 0 Å². The number of aliphatic hydroxyl groups excluding tert-OH is 1. The van der Waals surface area contributed by atoms with Crippen LogP contribution in [0.4, 0.5) is 0 Å². The van der Waals surface area contributed by atoms with Crippen molar-refractivity contribution in [3.05, 3.63) is 0 Å². The third kappa shape index (κ3) is 3.32. The smallest absolute Gasteiger partial charge is 0.248 e. The van der Waals surface area contributed by atoms with Gasteiger partial charge in [0.2, 0.25) is 11.8 Å². The molecule has 0 radical (unpaired) electrons. The molecule has 20 heavy (non-hydrogen) atoms. The van der Waals surface area contributed by atoms with Gasteiger partial charge >= 0.3 is 0 Å². The SMILES string of the molecule is CC(O)C(NC(=O)C1CC1)C(=O)N1C(C)CCCC1C. The van der Waals surface area contributed by atoms with Crippen molar-refractivity contribution in [2.45, 2.75) is 77.1 Å². The van der Waals surface area contributed by atoms with Crippen molar-refractivity contribution in [2.24, 2.45) is 5.92 Å². The monoisotopic (exact) mass is 282 g/mol. The quantitative estimate of drug-likeness (QED) is 0.810. The fraction of sp³-hybridized carbons (Fsp3) is 0.867. The topological polar surface area (TPSA) is 69.6 Å². The summed E-state index contributed by atoms with van der Waals surface area (Å²) < 4.78 is 0. The molecule has 1 aliphatic carbocycles. The summed E-state index contributed by atoms with van der Waals surface area (Å²) in [5.74, 6) is -0.199. The molecule has 0 aromatic heterocycles. The molecule has 2 amide bonds. The third-order valence-electron chi connectivity index (χ3n) is 4.44. The minimum absolute atomic E-state index is 0.0419. The highest BCUT2D eigenvalue weighted by molar-refractivity contribution is 5.90. The van der Waals surface area contributed by atoms with Crippen LogP contribution in [-0.4, -0.2) is 46.1 Å². The molecule has 4 atom stereocenters. The van der Waals surface area contributed by atoms with Crippen LogP contribution in [-0.2, 0) is 9.59 Å². The molecule has 0 aromatic carbocycles. The number of amides is 2. The minimum Gasteiger partial charge on any atom is -0.391 e. The number of nitrogens with zero attached hydrogens (tertiary/aromatic N) is 1. The molecule has 0 bridgehead atoms. The molecule has 0 aromatic rings. The molecule has 1 saturated heterocycles. The highest BCUT2D eigenvalue weighted by Gasteiger charge is 2.38. The van der Waals surface area contributed by atoms with Crippen LogP contribution in [0.1, 0.15) is 52.9 Å². The lowest BCUT2D eigenvalue weighted by Gasteiger charge is -2.41. The van der Waals surface area contributed by atoms with Crippen LogP contribution in [0.2, 0.25) is 0 Å². The summed E-state index contributed by atoms with van der Waals surface area (Å²) in [4.78, 5) is 26.4. The number of piperidine rings is 1. The summed E-state index contributed by atoms with van der Waals surface area (Å²) >= 11 is 0. The van der Waals surface area contributed by atoms with Crippen LogP contribution in [0.5, 0.6) is 0 Å². The fourth-order valence-corrected chi connectivity index (χ4v) is 3.02. The Bertz CT molecular complexity index is 369. The molecule has 2 aliphatic rings. The van der Waals surface area contributed by atoms with Gasteiger partial charge in [0.1, 0.15) is 6.04 Å². The minimum atomic E-state index is -0.869. The van der Waals surface area contributed by atoms with Crippen LogP contribution in [0.25, 0.3) is 0 Å². The molecular weight excluding hydrogens is 256 g/mol. The van der Waals surface area contributed by atoms with Gasteiger partial charge in [0.15, 0.2) is 0 Å². The Kier molecular flexibility index (Phi) is 4.68. The van der Waals surface area contributed by atoms with E-state index in [2.05, 4.69) is 5.32 Å². The van der Waals surface area contributed by atoms with Gasteiger partial charge in [-0.15, -0.1) is 0 Å². The molecule has 114 valence electrons. The molecule has 5 heteroatoms. The van der Waals surface area contributed by atoms with Crippen LogP contribution < -0.4 is 5.32 Å². The second kappa shape index (κ2) is 6.12. The first-order valence-corrected chi connectivity index (χ1v) is 7.72. The summed E-state index contributed by atoms with van der Waals surface area (Å²) in [5.41, 5.74) is 0. The van der Waals surface area contributed by atoms with Crippen LogP contribution in [0.3, 0.4) is 0 Å². The van der Waals surface area contributed by atoms with Crippen molar-refractivity contribution in [1.29, 1.82) is 0 Å². The number of hydrogen-bond acceptors (Lipinski definition) is 3. The molecule has 0 spiro atoms. The molecule has 2 rings (SSSR count). The number of nitrogens with one attached hydrogen (secondary N) is 1. The number of hydrogen-bond donors (Lipinski definition) is 2. The van der Waals surface area contributed by atoms with Crippen LogP contribution >= 0.6 is 0 Å². The zero-order valence-corrected chi connectivity index (χ0v) is 12.6. The Labute approximate surface area is 120 Å². The first kappa shape index (κ1) is 15.3. The van der Waals surface area contributed by atoms with Gasteiger partial charge in [0, 0.05) is 18.0 Å². The lowest BCUT2D eigenvalue weighted by molar-refractivity contribution is -0.145. The molecule has 1 saturated carbocycles. The molecular formula is C15H26N2O3. The molecule has 4 unspecified atom stereocenters. The van der Waals surface area contributed by atoms with Crippen molar-refractivity contribution in [2.75, 3.05) is 0 Å². The summed E-state index contributed by atoms with van der Waals surface area (Å²) in [5, 5.41) is 12.6. The Morgan fingerprint density at radius 3 is 2.15 bits per heavy atom. The van der Waals surface area contributed by atoms with E-state index in [1.54, 1.807) is 6.92 Å². The van der Waals surface area contributed by atoms with Gasteiger partial charge < -0.3 is 15.3 Å². The predicted octanol–water partition coefficient (Wildman–Crippen LogP) is 1.05. The largest absolute Gasteiger partial charge is 0.391 e. The zero-order valence-electron chi connectivity index (χ0n) is 12.6. The van der Waals surface area contributed by atoms with E-state index in [0.29, 0.717) is 0 Å². The van der Waals surface area contributed by atoms with Crippen molar-refractivity contribution in [3.8, 4) is 0 Å². The average Bonchev–Trinajstić information content (AvgIpc) is 3.18.